The van der Waals surface area contributed by atoms with Gasteiger partial charge in [0, 0.05) is 6.08 Å². The number of hydrogen-bond acceptors (Lipinski definition) is 5. The number of ketones is 1. The van der Waals surface area contributed by atoms with Gasteiger partial charge in [0.15, 0.2) is 5.78 Å². The fourth-order valence-electron chi connectivity index (χ4n) is 2.09. The van der Waals surface area contributed by atoms with Crippen LogP contribution in [0.4, 0.5) is 0 Å². The zero-order valence-corrected chi connectivity index (χ0v) is 14.2. The summed E-state index contributed by atoms with van der Waals surface area (Å²) in [6.45, 7) is 3.70. The smallest absolute Gasteiger partial charge is 0.330 e. The second-order valence-corrected chi connectivity index (χ2v) is 5.41. The molecule has 0 aliphatic rings. The molecule has 2 rings (SSSR count). The van der Waals surface area contributed by atoms with Gasteiger partial charge in [-0.2, -0.15) is 0 Å². The van der Waals surface area contributed by atoms with E-state index in [1.807, 2.05) is 13.0 Å². The van der Waals surface area contributed by atoms with Gasteiger partial charge in [0.05, 0.1) is 12.2 Å². The number of benzene rings is 2. The van der Waals surface area contributed by atoms with Gasteiger partial charge < -0.3 is 14.6 Å². The standard InChI is InChI=1S/C20H20O5/c1-3-11-24-20(23)10-7-15-5-4-6-16(12-15)25-17-8-9-19(22)18(13-17)14(2)21/h4-10,12-13,22H,3,11H2,1-2H3. The van der Waals surface area contributed by atoms with Crippen LogP contribution in [0.2, 0.25) is 0 Å². The zero-order valence-electron chi connectivity index (χ0n) is 14.2. The van der Waals surface area contributed by atoms with Gasteiger partial charge in [0.1, 0.15) is 17.2 Å². The molecule has 0 amide bonds. The molecule has 0 saturated carbocycles. The van der Waals surface area contributed by atoms with Gasteiger partial charge in [-0.1, -0.05) is 19.1 Å². The van der Waals surface area contributed by atoms with Gasteiger partial charge in [0.25, 0.3) is 0 Å². The summed E-state index contributed by atoms with van der Waals surface area (Å²) in [6.07, 6.45) is 3.78. The number of aromatic hydroxyl groups is 1. The number of phenolic OH excluding ortho intramolecular Hbond substituents is 1. The summed E-state index contributed by atoms with van der Waals surface area (Å²) in [5.74, 6) is 0.265. The third kappa shape index (κ3) is 5.49. The van der Waals surface area contributed by atoms with Crippen LogP contribution < -0.4 is 4.74 Å². The highest BCUT2D eigenvalue weighted by molar-refractivity contribution is 5.97. The lowest BCUT2D eigenvalue weighted by atomic mass is 10.1. The molecule has 5 heteroatoms. The van der Waals surface area contributed by atoms with Crippen molar-refractivity contribution in [3.8, 4) is 17.2 Å². The largest absolute Gasteiger partial charge is 0.507 e. The highest BCUT2D eigenvalue weighted by Gasteiger charge is 2.08. The summed E-state index contributed by atoms with van der Waals surface area (Å²) in [4.78, 5) is 23.0. The SMILES string of the molecule is CCCOC(=O)C=Cc1cccc(Oc2ccc(O)c(C(C)=O)c2)c1. The topological polar surface area (TPSA) is 72.8 Å². The van der Waals surface area contributed by atoms with Crippen LogP contribution in [0.3, 0.4) is 0 Å². The third-order valence-electron chi connectivity index (χ3n) is 3.30. The number of esters is 1. The van der Waals surface area contributed by atoms with Gasteiger partial charge in [-0.25, -0.2) is 4.79 Å². The molecule has 0 radical (unpaired) electrons. The molecule has 2 aromatic carbocycles. The number of rotatable bonds is 7. The Hall–Kier alpha value is -3.08. The van der Waals surface area contributed by atoms with Crippen molar-refractivity contribution in [3.05, 3.63) is 59.7 Å². The molecule has 0 spiro atoms. The fourth-order valence-corrected chi connectivity index (χ4v) is 2.09. The molecule has 0 fully saturated rings. The molecular formula is C20H20O5. The molecule has 0 unspecified atom stereocenters. The van der Waals surface area contributed by atoms with Crippen LogP contribution in [-0.2, 0) is 9.53 Å². The molecule has 0 saturated heterocycles. The molecule has 25 heavy (non-hydrogen) atoms. The predicted molar refractivity (Wildman–Crippen MR) is 94.9 cm³/mol. The molecule has 130 valence electrons. The first-order valence-electron chi connectivity index (χ1n) is 7.96. The van der Waals surface area contributed by atoms with Crippen molar-refractivity contribution < 1.29 is 24.2 Å². The van der Waals surface area contributed by atoms with Crippen molar-refractivity contribution in [2.24, 2.45) is 0 Å². The van der Waals surface area contributed by atoms with Crippen LogP contribution in [0, 0.1) is 0 Å². The molecule has 5 nitrogen and oxygen atoms in total. The number of Topliss-reactive ketones (excluding diaryl/α,β-unsaturated/α-hetero) is 1. The van der Waals surface area contributed by atoms with E-state index < -0.39 is 5.97 Å². The lowest BCUT2D eigenvalue weighted by molar-refractivity contribution is -0.137. The summed E-state index contributed by atoms with van der Waals surface area (Å²) in [6, 6.07) is 11.6. The third-order valence-corrected chi connectivity index (χ3v) is 3.30. The van der Waals surface area contributed by atoms with Gasteiger partial charge in [-0.05, 0) is 55.3 Å². The first-order valence-corrected chi connectivity index (χ1v) is 7.96. The van der Waals surface area contributed by atoms with E-state index >= 15 is 0 Å². The lowest BCUT2D eigenvalue weighted by Crippen LogP contribution is -2.00. The first kappa shape index (κ1) is 18.3. The van der Waals surface area contributed by atoms with Crippen molar-refractivity contribution in [2.45, 2.75) is 20.3 Å². The maximum atomic E-state index is 11.5. The molecule has 0 heterocycles. The Bertz CT molecular complexity index is 792. The van der Waals surface area contributed by atoms with E-state index in [1.54, 1.807) is 30.3 Å². The van der Waals surface area contributed by atoms with Crippen LogP contribution in [0.25, 0.3) is 6.08 Å². The summed E-state index contributed by atoms with van der Waals surface area (Å²) in [5.41, 5.74) is 0.976. The number of phenols is 1. The molecule has 1 N–H and O–H groups in total. The second kappa shape index (κ2) is 8.68. The average molecular weight is 340 g/mol. The van der Waals surface area contributed by atoms with Crippen LogP contribution in [0.1, 0.15) is 36.2 Å². The van der Waals surface area contributed by atoms with Crippen molar-refractivity contribution in [1.82, 2.24) is 0 Å². The minimum atomic E-state index is -0.391. The molecule has 0 aromatic heterocycles. The second-order valence-electron chi connectivity index (χ2n) is 5.41. The Kier molecular flexibility index (Phi) is 6.34. The number of carbonyl (C=O) groups excluding carboxylic acids is 2. The van der Waals surface area contributed by atoms with E-state index in [-0.39, 0.29) is 17.1 Å². The quantitative estimate of drug-likeness (QED) is 0.461. The summed E-state index contributed by atoms with van der Waals surface area (Å²) in [7, 11) is 0. The van der Waals surface area contributed by atoms with Crippen LogP contribution >= 0.6 is 0 Å². The highest BCUT2D eigenvalue weighted by Crippen LogP contribution is 2.28. The lowest BCUT2D eigenvalue weighted by Gasteiger charge is -2.08. The van der Waals surface area contributed by atoms with Gasteiger partial charge in [-0.3, -0.25) is 4.79 Å². The Labute approximate surface area is 146 Å². The average Bonchev–Trinajstić information content (AvgIpc) is 2.60. The van der Waals surface area contributed by atoms with E-state index in [2.05, 4.69) is 0 Å². The number of hydrogen-bond donors (Lipinski definition) is 1. The van der Waals surface area contributed by atoms with Crippen molar-refractivity contribution in [3.63, 3.8) is 0 Å². The van der Waals surface area contributed by atoms with Gasteiger partial charge in [0.2, 0.25) is 0 Å². The van der Waals surface area contributed by atoms with E-state index in [0.717, 1.165) is 12.0 Å². The molecular weight excluding hydrogens is 320 g/mol. The molecule has 0 aliphatic carbocycles. The zero-order chi connectivity index (χ0) is 18.2. The van der Waals surface area contributed by atoms with Crippen molar-refractivity contribution >= 4 is 17.8 Å². The van der Waals surface area contributed by atoms with Crippen molar-refractivity contribution in [2.75, 3.05) is 6.61 Å². The Morgan fingerprint density at radius 1 is 1.12 bits per heavy atom. The molecule has 0 aliphatic heterocycles. The minimum absolute atomic E-state index is 0.0814. The number of ether oxygens (including phenoxy) is 2. The van der Waals surface area contributed by atoms with Crippen molar-refractivity contribution in [1.29, 1.82) is 0 Å². The summed E-state index contributed by atoms with van der Waals surface area (Å²) >= 11 is 0. The van der Waals surface area contributed by atoms with E-state index in [4.69, 9.17) is 9.47 Å². The van der Waals surface area contributed by atoms with Gasteiger partial charge >= 0.3 is 5.97 Å². The van der Waals surface area contributed by atoms with Crippen LogP contribution in [-0.4, -0.2) is 23.5 Å². The maximum absolute atomic E-state index is 11.5. The first-order chi connectivity index (χ1) is 12.0. The van der Waals surface area contributed by atoms with E-state index in [1.165, 1.54) is 25.1 Å². The monoisotopic (exact) mass is 340 g/mol. The van der Waals surface area contributed by atoms with E-state index in [9.17, 15) is 14.7 Å². The molecule has 0 atom stereocenters. The maximum Gasteiger partial charge on any atom is 0.330 e. The Balaban J connectivity index is 2.11. The van der Waals surface area contributed by atoms with Crippen LogP contribution in [0.5, 0.6) is 17.2 Å². The predicted octanol–water partition coefficient (Wildman–Crippen LogP) is 4.35. The molecule has 2 aromatic rings. The Morgan fingerprint density at radius 3 is 2.60 bits per heavy atom. The van der Waals surface area contributed by atoms with Crippen LogP contribution in [0.15, 0.2) is 48.5 Å². The molecule has 0 bridgehead atoms. The van der Waals surface area contributed by atoms with E-state index in [0.29, 0.717) is 18.1 Å². The normalized spacial score (nSPS) is 10.6. The summed E-state index contributed by atoms with van der Waals surface area (Å²) < 4.78 is 10.7. The fraction of sp³-hybridized carbons (Fsp3) is 0.200. The Morgan fingerprint density at radius 2 is 1.88 bits per heavy atom. The highest BCUT2D eigenvalue weighted by atomic mass is 16.5. The van der Waals surface area contributed by atoms with Gasteiger partial charge in [-0.15, -0.1) is 0 Å². The summed E-state index contributed by atoms with van der Waals surface area (Å²) in [5, 5.41) is 9.67. The number of carbonyl (C=O) groups is 2. The minimum Gasteiger partial charge on any atom is -0.507 e.